The Labute approximate surface area is 179 Å². The zero-order valence-electron chi connectivity index (χ0n) is 17.4. The molecule has 3 nitrogen and oxygen atoms in total. The topological polar surface area (TPSA) is 9.72 Å². The third-order valence-electron chi connectivity index (χ3n) is 6.46. The fraction of sp³-hybridized carbons (Fsp3) is 1.00. The Morgan fingerprint density at radius 3 is 1.50 bits per heavy atom. The molecule has 2 saturated carbocycles. The predicted molar refractivity (Wildman–Crippen MR) is 128 cm³/mol. The van der Waals surface area contributed by atoms with Gasteiger partial charge in [-0.1, -0.05) is 50.0 Å². The maximum Gasteiger partial charge on any atom is 0.00966 e. The molecule has 5 fully saturated rings. The molecule has 28 heavy (non-hydrogen) atoms. The number of hydrogen-bond acceptors (Lipinski definition) is 3. The van der Waals surface area contributed by atoms with Crippen molar-refractivity contribution in [1.82, 2.24) is 14.7 Å². The van der Waals surface area contributed by atoms with Gasteiger partial charge in [-0.25, -0.2) is 0 Å². The van der Waals surface area contributed by atoms with Gasteiger partial charge >= 0.3 is 0 Å². The third-order valence-corrected chi connectivity index (χ3v) is 6.46. The Morgan fingerprint density at radius 2 is 1.18 bits per heavy atom. The van der Waals surface area contributed by atoms with Crippen LogP contribution in [0.25, 0.3) is 0 Å². The monoisotopic (exact) mass is 397 g/mol. The molecule has 0 aromatic rings. The van der Waals surface area contributed by atoms with E-state index < -0.39 is 0 Å². The van der Waals surface area contributed by atoms with E-state index in [-0.39, 0.29) is 22.3 Å². The summed E-state index contributed by atoms with van der Waals surface area (Å²) in [4.78, 5) is 7.69. The van der Waals surface area contributed by atoms with Gasteiger partial charge in [0.1, 0.15) is 0 Å². The van der Waals surface area contributed by atoms with E-state index in [0.717, 1.165) is 29.7 Å². The van der Waals surface area contributed by atoms with Gasteiger partial charge in [0.05, 0.1) is 0 Å². The van der Waals surface area contributed by atoms with Gasteiger partial charge in [0, 0.05) is 45.3 Å². The molecule has 0 unspecified atom stereocenters. The quantitative estimate of drug-likeness (QED) is 0.602. The van der Waals surface area contributed by atoms with Gasteiger partial charge in [-0.2, -0.15) is 0 Å². The van der Waals surface area contributed by atoms with Crippen LogP contribution in [-0.4, -0.2) is 73.1 Å². The largest absolute Gasteiger partial charge is 0.303 e. The highest BCUT2D eigenvalue weighted by molar-refractivity contribution is 4.91. The van der Waals surface area contributed by atoms with Crippen LogP contribution >= 0.6 is 0 Å². The second-order valence-corrected chi connectivity index (χ2v) is 9.84. The molecule has 170 valence electrons. The normalized spacial score (nSPS) is 28.1. The molecule has 3 heteroatoms. The second-order valence-electron chi connectivity index (χ2n) is 9.84. The minimum Gasteiger partial charge on any atom is -0.303 e. The highest BCUT2D eigenvalue weighted by Gasteiger charge is 2.35. The molecule has 5 rings (SSSR count). The predicted octanol–water partition coefficient (Wildman–Crippen LogP) is 5.71. The van der Waals surface area contributed by atoms with Crippen molar-refractivity contribution in [3.8, 4) is 0 Å². The van der Waals surface area contributed by atoms with Crippen LogP contribution in [0.4, 0.5) is 0 Å². The minimum atomic E-state index is 0. The molecule has 0 aromatic heterocycles. The van der Waals surface area contributed by atoms with Crippen LogP contribution in [0.2, 0.25) is 0 Å². The first-order chi connectivity index (χ1) is 12.0. The fourth-order valence-corrected chi connectivity index (χ4v) is 4.44. The summed E-state index contributed by atoms with van der Waals surface area (Å²) in [5.41, 5.74) is 0. The first-order valence-electron chi connectivity index (χ1n) is 11.2. The number of rotatable bonds is 4. The van der Waals surface area contributed by atoms with Crippen LogP contribution in [0.5, 0.6) is 0 Å². The Kier molecular flexibility index (Phi) is 13.2. The standard InChI is InChI=1S/C8H15N.C7H13N.C7H15N.3CH4/c1-7-4-9(5-7)6-8-2-3-8;1-6-4-8(5-6)7-2-3-7;1-3-8-5-4-7(2)6-8;;;/h7-8H,2-6H2,1H3;6-7H,2-5H2,1H3;7H,3-6H2,1-2H3;3*1H4/t;;7-;;;/m..1.../s1. The number of hydrogen-bond donors (Lipinski definition) is 0. The molecule has 3 saturated heterocycles. The maximum absolute atomic E-state index is 2.60. The molecule has 2 aliphatic carbocycles. The van der Waals surface area contributed by atoms with Gasteiger partial charge in [-0.15, -0.1) is 0 Å². The van der Waals surface area contributed by atoms with E-state index in [4.69, 9.17) is 0 Å². The van der Waals surface area contributed by atoms with Crippen molar-refractivity contribution in [2.24, 2.45) is 23.7 Å². The Hall–Kier alpha value is -0.120. The van der Waals surface area contributed by atoms with Crippen LogP contribution in [0, 0.1) is 23.7 Å². The fourth-order valence-electron chi connectivity index (χ4n) is 4.44. The zero-order chi connectivity index (χ0) is 17.8. The maximum atomic E-state index is 2.60. The van der Waals surface area contributed by atoms with Crippen LogP contribution in [0.3, 0.4) is 0 Å². The molecule has 0 radical (unpaired) electrons. The van der Waals surface area contributed by atoms with E-state index in [9.17, 15) is 0 Å². The third kappa shape index (κ3) is 9.59. The van der Waals surface area contributed by atoms with E-state index in [1.165, 1.54) is 84.5 Å². The molecule has 3 heterocycles. The lowest BCUT2D eigenvalue weighted by Gasteiger charge is -2.37. The molecule has 1 atom stereocenters. The molecule has 5 aliphatic rings. The summed E-state index contributed by atoms with van der Waals surface area (Å²) in [7, 11) is 0. The number of nitrogens with zero attached hydrogens (tertiary/aromatic N) is 3. The SMILES string of the molecule is C.C.C.CC1CN(C2CC2)C1.CC1CN(CC2CC2)C1.CCN1CC[C@@H](C)C1. The lowest BCUT2D eigenvalue weighted by Crippen LogP contribution is -2.46. The highest BCUT2D eigenvalue weighted by Crippen LogP contribution is 2.32. The molecular formula is C25H55N3. The molecule has 0 bridgehead atoms. The molecule has 0 N–H and O–H groups in total. The van der Waals surface area contributed by atoms with Crippen LogP contribution in [0.15, 0.2) is 0 Å². The van der Waals surface area contributed by atoms with Crippen LogP contribution in [0.1, 0.15) is 82.1 Å². The lowest BCUT2D eigenvalue weighted by molar-refractivity contribution is 0.104. The lowest BCUT2D eigenvalue weighted by atomic mass is 10.0. The highest BCUT2D eigenvalue weighted by atomic mass is 15.2. The Balaban J connectivity index is 0.000000372. The Bertz CT molecular complexity index is 379. The average Bonchev–Trinajstić information content (AvgIpc) is 3.44. The first kappa shape index (κ1) is 27.9. The van der Waals surface area contributed by atoms with Gasteiger partial charge in [0.25, 0.3) is 0 Å². The first-order valence-corrected chi connectivity index (χ1v) is 11.2. The van der Waals surface area contributed by atoms with Crippen molar-refractivity contribution in [3.63, 3.8) is 0 Å². The van der Waals surface area contributed by atoms with Crippen LogP contribution in [-0.2, 0) is 0 Å². The van der Waals surface area contributed by atoms with Gasteiger partial charge in [0.2, 0.25) is 0 Å². The molecule has 3 aliphatic heterocycles. The van der Waals surface area contributed by atoms with Crippen molar-refractivity contribution >= 4 is 0 Å². The van der Waals surface area contributed by atoms with Crippen molar-refractivity contribution in [2.75, 3.05) is 52.4 Å². The zero-order valence-corrected chi connectivity index (χ0v) is 17.4. The van der Waals surface area contributed by atoms with Crippen molar-refractivity contribution in [3.05, 3.63) is 0 Å². The van der Waals surface area contributed by atoms with Crippen molar-refractivity contribution < 1.29 is 0 Å². The van der Waals surface area contributed by atoms with Gasteiger partial charge in [-0.05, 0) is 68.9 Å². The smallest absolute Gasteiger partial charge is 0.00966 e. The summed E-state index contributed by atoms with van der Waals surface area (Å²) in [5, 5.41) is 0. The van der Waals surface area contributed by atoms with Crippen LogP contribution < -0.4 is 0 Å². The molecule has 0 spiro atoms. The van der Waals surface area contributed by atoms with E-state index in [0.29, 0.717) is 0 Å². The summed E-state index contributed by atoms with van der Waals surface area (Å²) in [6.07, 6.45) is 7.38. The average molecular weight is 398 g/mol. The number of likely N-dealkylation sites (tertiary alicyclic amines) is 3. The summed E-state index contributed by atoms with van der Waals surface area (Å²) in [6, 6.07) is 1.02. The van der Waals surface area contributed by atoms with E-state index in [2.05, 4.69) is 42.4 Å². The minimum absolute atomic E-state index is 0. The van der Waals surface area contributed by atoms with E-state index in [1.807, 2.05) is 0 Å². The van der Waals surface area contributed by atoms with Gasteiger partial charge in [0.15, 0.2) is 0 Å². The van der Waals surface area contributed by atoms with E-state index >= 15 is 0 Å². The van der Waals surface area contributed by atoms with Crippen molar-refractivity contribution in [1.29, 1.82) is 0 Å². The summed E-state index contributed by atoms with van der Waals surface area (Å²) < 4.78 is 0. The van der Waals surface area contributed by atoms with E-state index in [1.54, 1.807) is 0 Å². The molecule has 0 aromatic carbocycles. The van der Waals surface area contributed by atoms with Crippen molar-refractivity contribution in [2.45, 2.75) is 88.1 Å². The summed E-state index contributed by atoms with van der Waals surface area (Å²) in [6.45, 7) is 20.0. The second kappa shape index (κ2) is 13.2. The summed E-state index contributed by atoms with van der Waals surface area (Å²) >= 11 is 0. The molecule has 0 amide bonds. The molecular weight excluding hydrogens is 342 g/mol. The van der Waals surface area contributed by atoms with Gasteiger partial charge in [-0.3, -0.25) is 4.90 Å². The summed E-state index contributed by atoms with van der Waals surface area (Å²) in [5.74, 6) is 4.03. The van der Waals surface area contributed by atoms with Gasteiger partial charge < -0.3 is 9.80 Å². The Morgan fingerprint density at radius 1 is 0.643 bits per heavy atom.